The number of anilines is 2. The summed E-state index contributed by atoms with van der Waals surface area (Å²) < 4.78 is 0. The minimum Gasteiger partial charge on any atom is -0.344 e. The van der Waals surface area contributed by atoms with Crippen LogP contribution in [0.2, 0.25) is 0 Å². The first-order chi connectivity index (χ1) is 11.8. The Balaban J connectivity index is 1.92. The molecule has 0 amide bonds. The SMILES string of the molecule is CN(c1ccccc1)c1cc2cccc3ccc4cccc1c4c32. The van der Waals surface area contributed by atoms with Gasteiger partial charge in [0.15, 0.2) is 0 Å². The van der Waals surface area contributed by atoms with Crippen molar-refractivity contribution in [1.29, 1.82) is 0 Å². The predicted molar refractivity (Wildman–Crippen MR) is 105 cm³/mol. The van der Waals surface area contributed by atoms with Gasteiger partial charge < -0.3 is 4.90 Å². The summed E-state index contributed by atoms with van der Waals surface area (Å²) in [5.74, 6) is 0. The maximum absolute atomic E-state index is 2.32. The highest BCUT2D eigenvalue weighted by atomic mass is 15.1. The fraction of sp³-hybridized carbons (Fsp3) is 0.0435. The maximum Gasteiger partial charge on any atom is 0.0494 e. The van der Waals surface area contributed by atoms with Crippen LogP contribution in [0.25, 0.3) is 32.3 Å². The second-order valence-corrected chi connectivity index (χ2v) is 6.34. The molecule has 1 nitrogen and oxygen atoms in total. The average molecular weight is 307 g/mol. The third-order valence-corrected chi connectivity index (χ3v) is 4.99. The number of rotatable bonds is 2. The van der Waals surface area contributed by atoms with Crippen molar-refractivity contribution >= 4 is 43.7 Å². The van der Waals surface area contributed by atoms with Crippen molar-refractivity contribution in [1.82, 2.24) is 0 Å². The summed E-state index contributed by atoms with van der Waals surface area (Å²) in [5.41, 5.74) is 2.45. The molecule has 114 valence electrons. The van der Waals surface area contributed by atoms with Crippen molar-refractivity contribution in [2.75, 3.05) is 11.9 Å². The van der Waals surface area contributed by atoms with Gasteiger partial charge in [-0.2, -0.15) is 0 Å². The Bertz CT molecular complexity index is 1160. The number of para-hydroxylation sites is 1. The molecule has 0 saturated carbocycles. The quantitative estimate of drug-likeness (QED) is 0.343. The van der Waals surface area contributed by atoms with Crippen LogP contribution in [0, 0.1) is 0 Å². The molecule has 5 rings (SSSR count). The molecule has 5 aromatic carbocycles. The summed E-state index contributed by atoms with van der Waals surface area (Å²) in [6, 6.07) is 30.5. The monoisotopic (exact) mass is 307 g/mol. The molecule has 0 atom stereocenters. The van der Waals surface area contributed by atoms with E-state index in [2.05, 4.69) is 96.9 Å². The van der Waals surface area contributed by atoms with E-state index in [1.54, 1.807) is 0 Å². The van der Waals surface area contributed by atoms with Crippen LogP contribution in [0.4, 0.5) is 11.4 Å². The standard InChI is InChI=1S/C23H17N/c1-24(19-10-3-2-4-11-19)21-15-18-9-5-7-16-13-14-17-8-6-12-20(21)23(17)22(16)18/h2-15H,1H3. The molecule has 0 bridgehead atoms. The van der Waals surface area contributed by atoms with Crippen LogP contribution in [0.5, 0.6) is 0 Å². The van der Waals surface area contributed by atoms with Crippen molar-refractivity contribution in [3.05, 3.63) is 84.9 Å². The smallest absolute Gasteiger partial charge is 0.0494 e. The molecule has 0 aliphatic heterocycles. The van der Waals surface area contributed by atoms with Crippen molar-refractivity contribution in [3.63, 3.8) is 0 Å². The average Bonchev–Trinajstić information content (AvgIpc) is 2.66. The zero-order valence-electron chi connectivity index (χ0n) is 13.5. The third-order valence-electron chi connectivity index (χ3n) is 4.99. The van der Waals surface area contributed by atoms with Crippen LogP contribution in [0.1, 0.15) is 0 Å². The Morgan fingerprint density at radius 3 is 2.04 bits per heavy atom. The summed E-state index contributed by atoms with van der Waals surface area (Å²) in [4.78, 5) is 2.28. The zero-order valence-corrected chi connectivity index (χ0v) is 13.5. The van der Waals surface area contributed by atoms with E-state index in [4.69, 9.17) is 0 Å². The number of hydrogen-bond acceptors (Lipinski definition) is 1. The van der Waals surface area contributed by atoms with E-state index >= 15 is 0 Å². The molecule has 0 heterocycles. The second kappa shape index (κ2) is 4.97. The van der Waals surface area contributed by atoms with E-state index in [0.717, 1.165) is 0 Å². The Kier molecular flexibility index (Phi) is 2.77. The Morgan fingerprint density at radius 2 is 1.25 bits per heavy atom. The fourth-order valence-electron chi connectivity index (χ4n) is 3.81. The molecular formula is C23H17N. The summed E-state index contributed by atoms with van der Waals surface area (Å²) in [7, 11) is 2.15. The number of hydrogen-bond donors (Lipinski definition) is 0. The molecule has 0 saturated heterocycles. The number of nitrogens with zero attached hydrogens (tertiary/aromatic N) is 1. The van der Waals surface area contributed by atoms with Crippen LogP contribution in [0.15, 0.2) is 84.9 Å². The second-order valence-electron chi connectivity index (χ2n) is 6.34. The third kappa shape index (κ3) is 1.82. The van der Waals surface area contributed by atoms with Gasteiger partial charge in [0.25, 0.3) is 0 Å². The molecule has 0 N–H and O–H groups in total. The van der Waals surface area contributed by atoms with E-state index in [1.165, 1.54) is 43.7 Å². The summed E-state index contributed by atoms with van der Waals surface area (Å²) >= 11 is 0. The first kappa shape index (κ1) is 13.4. The van der Waals surface area contributed by atoms with Crippen LogP contribution < -0.4 is 4.90 Å². The Labute approximate surface area is 141 Å². The predicted octanol–water partition coefficient (Wildman–Crippen LogP) is 6.35. The molecule has 0 aromatic heterocycles. The molecular weight excluding hydrogens is 290 g/mol. The van der Waals surface area contributed by atoms with Crippen LogP contribution in [-0.4, -0.2) is 7.05 Å². The van der Waals surface area contributed by atoms with Crippen molar-refractivity contribution in [2.45, 2.75) is 0 Å². The Hall–Kier alpha value is -3.06. The zero-order chi connectivity index (χ0) is 16.1. The Morgan fingerprint density at radius 1 is 0.583 bits per heavy atom. The highest BCUT2D eigenvalue weighted by molar-refractivity contribution is 6.26. The largest absolute Gasteiger partial charge is 0.344 e. The highest BCUT2D eigenvalue weighted by Crippen LogP contribution is 2.41. The lowest BCUT2D eigenvalue weighted by Gasteiger charge is -2.23. The molecule has 0 aliphatic rings. The van der Waals surface area contributed by atoms with Gasteiger partial charge in [-0.25, -0.2) is 0 Å². The van der Waals surface area contributed by atoms with Gasteiger partial charge in [-0.1, -0.05) is 66.7 Å². The topological polar surface area (TPSA) is 3.24 Å². The van der Waals surface area contributed by atoms with Gasteiger partial charge in [-0.05, 0) is 45.1 Å². The molecule has 0 spiro atoms. The van der Waals surface area contributed by atoms with Gasteiger partial charge >= 0.3 is 0 Å². The molecule has 0 radical (unpaired) electrons. The van der Waals surface area contributed by atoms with Crippen molar-refractivity contribution < 1.29 is 0 Å². The molecule has 5 aromatic rings. The molecule has 1 heteroatoms. The first-order valence-electron chi connectivity index (χ1n) is 8.28. The molecule has 0 fully saturated rings. The van der Waals surface area contributed by atoms with E-state index in [0.29, 0.717) is 0 Å². The summed E-state index contributed by atoms with van der Waals surface area (Å²) in [6.45, 7) is 0. The summed E-state index contributed by atoms with van der Waals surface area (Å²) in [6.07, 6.45) is 0. The van der Waals surface area contributed by atoms with Crippen molar-refractivity contribution in [2.24, 2.45) is 0 Å². The number of benzene rings is 5. The van der Waals surface area contributed by atoms with Crippen LogP contribution in [0.3, 0.4) is 0 Å². The molecule has 24 heavy (non-hydrogen) atoms. The lowest BCUT2D eigenvalue weighted by molar-refractivity contribution is 1.22. The van der Waals surface area contributed by atoms with Gasteiger partial charge in [0, 0.05) is 23.8 Å². The summed E-state index contributed by atoms with van der Waals surface area (Å²) in [5, 5.41) is 7.96. The first-order valence-corrected chi connectivity index (χ1v) is 8.28. The molecule has 0 aliphatic carbocycles. The van der Waals surface area contributed by atoms with Gasteiger partial charge in [-0.3, -0.25) is 0 Å². The van der Waals surface area contributed by atoms with E-state index in [1.807, 2.05) is 0 Å². The van der Waals surface area contributed by atoms with Crippen LogP contribution >= 0.6 is 0 Å². The van der Waals surface area contributed by atoms with Crippen molar-refractivity contribution in [3.8, 4) is 0 Å². The van der Waals surface area contributed by atoms with Gasteiger partial charge in [0.2, 0.25) is 0 Å². The maximum atomic E-state index is 2.32. The molecule has 0 unspecified atom stereocenters. The van der Waals surface area contributed by atoms with E-state index in [9.17, 15) is 0 Å². The minimum atomic E-state index is 1.20. The highest BCUT2D eigenvalue weighted by Gasteiger charge is 2.14. The van der Waals surface area contributed by atoms with Gasteiger partial charge in [0.1, 0.15) is 0 Å². The minimum absolute atomic E-state index is 1.20. The van der Waals surface area contributed by atoms with Gasteiger partial charge in [0.05, 0.1) is 0 Å². The van der Waals surface area contributed by atoms with Gasteiger partial charge in [-0.15, -0.1) is 0 Å². The van der Waals surface area contributed by atoms with E-state index < -0.39 is 0 Å². The fourth-order valence-corrected chi connectivity index (χ4v) is 3.81. The lowest BCUT2D eigenvalue weighted by atomic mass is 9.93. The normalized spacial score (nSPS) is 11.5. The van der Waals surface area contributed by atoms with Crippen LogP contribution in [-0.2, 0) is 0 Å². The van der Waals surface area contributed by atoms with E-state index in [-0.39, 0.29) is 0 Å². The lowest BCUT2D eigenvalue weighted by Crippen LogP contribution is -2.09.